The summed E-state index contributed by atoms with van der Waals surface area (Å²) in [4.78, 5) is 26.2. The van der Waals surface area contributed by atoms with Crippen LogP contribution in [0.3, 0.4) is 0 Å². The fraction of sp³-hybridized carbons (Fsp3) is 0.143. The van der Waals surface area contributed by atoms with Crippen LogP contribution >= 0.6 is 22.9 Å². The highest BCUT2D eigenvalue weighted by atomic mass is 35.5. The lowest BCUT2D eigenvalue weighted by Crippen LogP contribution is -2.39. The summed E-state index contributed by atoms with van der Waals surface area (Å²) >= 11 is 6.68. The molecule has 2 N–H and O–H groups in total. The van der Waals surface area contributed by atoms with Crippen LogP contribution in [-0.2, 0) is 16.6 Å². The fourth-order valence-electron chi connectivity index (χ4n) is 2.25. The summed E-state index contributed by atoms with van der Waals surface area (Å²) in [7, 11) is -3.70. The molecule has 24 heavy (non-hydrogen) atoms. The van der Waals surface area contributed by atoms with E-state index in [2.05, 4.69) is 9.71 Å². The number of hydrogen-bond acceptors (Lipinski definition) is 5. The summed E-state index contributed by atoms with van der Waals surface area (Å²) in [5.41, 5.74) is -0.441. The van der Waals surface area contributed by atoms with Crippen LogP contribution in [0, 0.1) is 0 Å². The van der Waals surface area contributed by atoms with E-state index in [9.17, 15) is 18.0 Å². The van der Waals surface area contributed by atoms with Crippen molar-refractivity contribution in [3.05, 3.63) is 61.4 Å². The Morgan fingerprint density at radius 2 is 1.92 bits per heavy atom. The van der Waals surface area contributed by atoms with Gasteiger partial charge in [-0.25, -0.2) is 13.1 Å². The maximum atomic E-state index is 12.1. The molecule has 0 atom stereocenters. The summed E-state index contributed by atoms with van der Waals surface area (Å²) < 4.78 is 28.4. The quantitative estimate of drug-likeness (QED) is 0.648. The van der Waals surface area contributed by atoms with Crippen molar-refractivity contribution in [2.75, 3.05) is 6.54 Å². The molecule has 0 radical (unpaired) electrons. The van der Waals surface area contributed by atoms with E-state index in [0.717, 1.165) is 11.3 Å². The number of rotatable bonds is 5. The van der Waals surface area contributed by atoms with Crippen molar-refractivity contribution in [2.45, 2.75) is 10.8 Å². The van der Waals surface area contributed by atoms with Gasteiger partial charge in [-0.3, -0.25) is 9.59 Å². The van der Waals surface area contributed by atoms with E-state index < -0.39 is 21.1 Å². The van der Waals surface area contributed by atoms with Gasteiger partial charge in [-0.2, -0.15) is 0 Å². The summed E-state index contributed by atoms with van der Waals surface area (Å²) in [5.74, 6) is 0. The summed E-state index contributed by atoms with van der Waals surface area (Å²) in [6, 6.07) is 9.72. The van der Waals surface area contributed by atoms with E-state index in [1.165, 1.54) is 16.7 Å². The minimum absolute atomic E-state index is 0.0294. The molecule has 0 unspecified atom stereocenters. The summed E-state index contributed by atoms with van der Waals surface area (Å²) in [5, 5.41) is 0. The number of aromatic amines is 1. The predicted octanol–water partition coefficient (Wildman–Crippen LogP) is 1.38. The molecule has 0 spiro atoms. The van der Waals surface area contributed by atoms with Crippen LogP contribution in [-0.4, -0.2) is 24.5 Å². The van der Waals surface area contributed by atoms with Gasteiger partial charge in [-0.1, -0.05) is 23.7 Å². The first kappa shape index (κ1) is 16.9. The average molecular weight is 386 g/mol. The van der Waals surface area contributed by atoms with Gasteiger partial charge in [0.05, 0.1) is 15.4 Å². The van der Waals surface area contributed by atoms with Gasteiger partial charge in [0.25, 0.3) is 0 Å². The van der Waals surface area contributed by atoms with Gasteiger partial charge in [0.15, 0.2) is 0 Å². The van der Waals surface area contributed by atoms with Gasteiger partial charge in [0, 0.05) is 13.1 Å². The standard InChI is InChI=1S/C14H12ClN3O4S2/c15-11-5-6-12(23-11)24(21,22)16-7-8-18-10-4-2-1-3-9(10)17-13(19)14(18)20/h1-6,16H,7-8H2,(H,17,19). The summed E-state index contributed by atoms with van der Waals surface area (Å²) in [6.45, 7) is -0.00713. The minimum Gasteiger partial charge on any atom is -0.316 e. The molecule has 0 amide bonds. The first-order valence-electron chi connectivity index (χ1n) is 6.85. The predicted molar refractivity (Wildman–Crippen MR) is 93.3 cm³/mol. The number of sulfonamides is 1. The topological polar surface area (TPSA) is 101 Å². The van der Waals surface area contributed by atoms with Crippen LogP contribution in [0.15, 0.2) is 50.2 Å². The lowest BCUT2D eigenvalue weighted by molar-refractivity contribution is 0.574. The molecule has 0 aliphatic carbocycles. The number of benzene rings is 1. The Balaban J connectivity index is 1.85. The highest BCUT2D eigenvalue weighted by Crippen LogP contribution is 2.25. The zero-order chi connectivity index (χ0) is 17.3. The Morgan fingerprint density at radius 3 is 2.62 bits per heavy atom. The van der Waals surface area contributed by atoms with Gasteiger partial charge in [0.1, 0.15) is 4.21 Å². The number of para-hydroxylation sites is 2. The number of aromatic nitrogens is 2. The van der Waals surface area contributed by atoms with E-state index >= 15 is 0 Å². The Bertz CT molecular complexity index is 1110. The number of fused-ring (bicyclic) bond motifs is 1. The maximum Gasteiger partial charge on any atom is 0.316 e. The molecule has 126 valence electrons. The normalized spacial score (nSPS) is 11.9. The molecule has 3 rings (SSSR count). The molecule has 2 aromatic heterocycles. The number of hydrogen-bond donors (Lipinski definition) is 2. The third kappa shape index (κ3) is 3.29. The second-order valence-corrected chi connectivity index (χ2v) is 8.59. The number of H-pyrrole nitrogens is 1. The first-order chi connectivity index (χ1) is 11.4. The van der Waals surface area contributed by atoms with Crippen molar-refractivity contribution < 1.29 is 8.42 Å². The van der Waals surface area contributed by atoms with Crippen LogP contribution in [0.1, 0.15) is 0 Å². The second kappa shape index (κ2) is 6.52. The number of nitrogens with one attached hydrogen (secondary N) is 2. The van der Waals surface area contributed by atoms with Gasteiger partial charge >= 0.3 is 11.1 Å². The maximum absolute atomic E-state index is 12.1. The molecular formula is C14H12ClN3O4S2. The monoisotopic (exact) mass is 385 g/mol. The van der Waals surface area contributed by atoms with E-state index in [0.29, 0.717) is 15.4 Å². The van der Waals surface area contributed by atoms with Crippen molar-refractivity contribution in [1.29, 1.82) is 0 Å². The van der Waals surface area contributed by atoms with Gasteiger partial charge in [-0.05, 0) is 24.3 Å². The molecule has 0 aliphatic heterocycles. The minimum atomic E-state index is -3.70. The van der Waals surface area contributed by atoms with E-state index in [4.69, 9.17) is 11.6 Å². The van der Waals surface area contributed by atoms with E-state index in [1.807, 2.05) is 0 Å². The Kier molecular flexibility index (Phi) is 4.59. The molecule has 3 aromatic rings. The molecule has 0 saturated heterocycles. The highest BCUT2D eigenvalue weighted by molar-refractivity contribution is 7.91. The molecule has 0 bridgehead atoms. The summed E-state index contributed by atoms with van der Waals surface area (Å²) in [6.07, 6.45) is 0. The third-order valence-electron chi connectivity index (χ3n) is 3.32. The molecule has 2 heterocycles. The number of halogens is 1. The van der Waals surface area contributed by atoms with Crippen molar-refractivity contribution in [3.8, 4) is 0 Å². The molecule has 1 aromatic carbocycles. The average Bonchev–Trinajstić information content (AvgIpc) is 2.98. The van der Waals surface area contributed by atoms with Gasteiger partial charge < -0.3 is 9.55 Å². The molecule has 0 saturated carbocycles. The molecular weight excluding hydrogens is 374 g/mol. The smallest absolute Gasteiger partial charge is 0.316 e. The fourth-order valence-corrected chi connectivity index (χ4v) is 4.80. The second-order valence-electron chi connectivity index (χ2n) is 4.88. The van der Waals surface area contributed by atoms with Crippen LogP contribution in [0.25, 0.3) is 11.0 Å². The Morgan fingerprint density at radius 1 is 1.17 bits per heavy atom. The van der Waals surface area contributed by atoms with Crippen LogP contribution in [0.2, 0.25) is 4.34 Å². The Hall–Kier alpha value is -1.94. The molecule has 0 aliphatic rings. The Labute approximate surface area is 145 Å². The van der Waals surface area contributed by atoms with Crippen LogP contribution in [0.5, 0.6) is 0 Å². The molecule has 0 fully saturated rings. The highest BCUT2D eigenvalue weighted by Gasteiger charge is 2.16. The lowest BCUT2D eigenvalue weighted by Gasteiger charge is -2.10. The zero-order valence-corrected chi connectivity index (χ0v) is 14.5. The lowest BCUT2D eigenvalue weighted by atomic mass is 10.3. The van der Waals surface area contributed by atoms with Crippen molar-refractivity contribution in [1.82, 2.24) is 14.3 Å². The largest absolute Gasteiger partial charge is 0.316 e. The van der Waals surface area contributed by atoms with Gasteiger partial charge in [0.2, 0.25) is 10.0 Å². The SMILES string of the molecule is O=c1[nH]c2ccccc2n(CCNS(=O)(=O)c2ccc(Cl)s2)c1=O. The van der Waals surface area contributed by atoms with Crippen LogP contribution < -0.4 is 15.8 Å². The molecule has 10 heteroatoms. The number of thiophene rings is 1. The first-order valence-corrected chi connectivity index (χ1v) is 9.53. The molecule has 7 nitrogen and oxygen atoms in total. The van der Waals surface area contributed by atoms with Crippen LogP contribution in [0.4, 0.5) is 0 Å². The van der Waals surface area contributed by atoms with Crippen molar-refractivity contribution in [3.63, 3.8) is 0 Å². The zero-order valence-electron chi connectivity index (χ0n) is 12.2. The van der Waals surface area contributed by atoms with Gasteiger partial charge in [-0.15, -0.1) is 11.3 Å². The van der Waals surface area contributed by atoms with Crippen molar-refractivity contribution >= 4 is 44.0 Å². The van der Waals surface area contributed by atoms with E-state index in [-0.39, 0.29) is 17.3 Å². The third-order valence-corrected chi connectivity index (χ3v) is 6.51. The van der Waals surface area contributed by atoms with Crippen molar-refractivity contribution in [2.24, 2.45) is 0 Å². The number of nitrogens with zero attached hydrogens (tertiary/aromatic N) is 1. The van der Waals surface area contributed by atoms with E-state index in [1.54, 1.807) is 24.3 Å².